The van der Waals surface area contributed by atoms with E-state index in [4.69, 9.17) is 0 Å². The Bertz CT molecular complexity index is 1030. The van der Waals surface area contributed by atoms with Gasteiger partial charge in [-0.1, -0.05) is 49.6 Å². The molecule has 2 aromatic rings. The van der Waals surface area contributed by atoms with Crippen molar-refractivity contribution in [3.63, 3.8) is 0 Å². The molecule has 0 spiro atoms. The maximum atomic E-state index is 13.2. The molecule has 5 heteroatoms. The van der Waals surface area contributed by atoms with E-state index in [1.807, 2.05) is 35.2 Å². The lowest BCUT2D eigenvalue weighted by Gasteiger charge is -2.46. The van der Waals surface area contributed by atoms with Gasteiger partial charge in [-0.15, -0.1) is 6.58 Å². The molecule has 3 heterocycles. The van der Waals surface area contributed by atoms with E-state index in [1.165, 1.54) is 37.7 Å². The first-order valence-electron chi connectivity index (χ1n) is 13.9. The third-order valence-corrected chi connectivity index (χ3v) is 8.40. The number of aromatic hydroxyl groups is 1. The van der Waals surface area contributed by atoms with Crippen LogP contribution in [0.2, 0.25) is 0 Å². The minimum absolute atomic E-state index is 0.0541. The maximum absolute atomic E-state index is 13.2. The van der Waals surface area contributed by atoms with E-state index in [0.717, 1.165) is 63.1 Å². The molecule has 3 unspecified atom stereocenters. The molecule has 0 radical (unpaired) electrons. The Labute approximate surface area is 216 Å². The van der Waals surface area contributed by atoms with Crippen molar-refractivity contribution in [2.75, 3.05) is 32.7 Å². The highest BCUT2D eigenvalue weighted by atomic mass is 16.3. The largest absolute Gasteiger partial charge is 0.508 e. The fourth-order valence-electron chi connectivity index (χ4n) is 6.65. The van der Waals surface area contributed by atoms with Gasteiger partial charge in [-0.2, -0.15) is 0 Å². The average molecular weight is 488 g/mol. The number of nitrogens with zero attached hydrogens (tertiary/aromatic N) is 3. The van der Waals surface area contributed by atoms with Gasteiger partial charge in [-0.05, 0) is 67.5 Å². The molecule has 0 saturated carbocycles. The van der Waals surface area contributed by atoms with Crippen molar-refractivity contribution in [3.8, 4) is 5.75 Å². The van der Waals surface area contributed by atoms with Gasteiger partial charge >= 0.3 is 0 Å². The summed E-state index contributed by atoms with van der Waals surface area (Å²) in [5, 5.41) is 10.4. The first-order chi connectivity index (χ1) is 17.6. The maximum Gasteiger partial charge on any atom is 0.253 e. The molecule has 3 atom stereocenters. The smallest absolute Gasteiger partial charge is 0.253 e. The summed E-state index contributed by atoms with van der Waals surface area (Å²) in [6, 6.07) is 17.1. The quantitative estimate of drug-likeness (QED) is 0.538. The number of amides is 1. The molecule has 5 nitrogen and oxygen atoms in total. The van der Waals surface area contributed by atoms with E-state index in [2.05, 4.69) is 34.6 Å². The van der Waals surface area contributed by atoms with Crippen molar-refractivity contribution in [3.05, 3.63) is 77.9 Å². The van der Waals surface area contributed by atoms with Gasteiger partial charge < -0.3 is 10.0 Å². The Morgan fingerprint density at radius 2 is 1.67 bits per heavy atom. The van der Waals surface area contributed by atoms with Crippen molar-refractivity contribution in [2.45, 2.75) is 69.5 Å². The monoisotopic (exact) mass is 487 g/mol. The molecule has 3 aliphatic heterocycles. The number of hydrogen-bond acceptors (Lipinski definition) is 4. The number of hydrogen-bond donors (Lipinski definition) is 1. The van der Waals surface area contributed by atoms with Crippen LogP contribution in [0.1, 0.15) is 78.9 Å². The molecule has 192 valence electrons. The molecule has 3 saturated heterocycles. The van der Waals surface area contributed by atoms with Crippen LogP contribution in [0.5, 0.6) is 5.75 Å². The van der Waals surface area contributed by atoms with Crippen molar-refractivity contribution < 1.29 is 9.90 Å². The zero-order chi connectivity index (χ0) is 24.9. The summed E-state index contributed by atoms with van der Waals surface area (Å²) < 4.78 is 0. The predicted molar refractivity (Wildman–Crippen MR) is 145 cm³/mol. The minimum Gasteiger partial charge on any atom is -0.508 e. The van der Waals surface area contributed by atoms with Gasteiger partial charge in [0.2, 0.25) is 0 Å². The van der Waals surface area contributed by atoms with E-state index in [0.29, 0.717) is 17.8 Å². The zero-order valence-corrected chi connectivity index (χ0v) is 21.5. The third-order valence-electron chi connectivity index (χ3n) is 8.40. The fraction of sp³-hybridized carbons (Fsp3) is 0.516. The number of piperidine rings is 1. The Morgan fingerprint density at radius 3 is 2.39 bits per heavy atom. The van der Waals surface area contributed by atoms with Gasteiger partial charge in [0.25, 0.3) is 5.91 Å². The normalized spacial score (nSPS) is 24.5. The van der Waals surface area contributed by atoms with E-state index in [-0.39, 0.29) is 11.9 Å². The van der Waals surface area contributed by atoms with Crippen LogP contribution in [0.25, 0.3) is 0 Å². The molecule has 2 bridgehead atoms. The molecule has 5 rings (SSSR count). The number of phenols is 1. The first-order valence-corrected chi connectivity index (χ1v) is 13.9. The predicted octanol–water partition coefficient (Wildman–Crippen LogP) is 5.61. The summed E-state index contributed by atoms with van der Waals surface area (Å²) in [6.45, 7) is 8.78. The third kappa shape index (κ3) is 5.52. The van der Waals surface area contributed by atoms with E-state index < -0.39 is 0 Å². The molecule has 1 N–H and O–H groups in total. The second-order valence-electron chi connectivity index (χ2n) is 10.8. The van der Waals surface area contributed by atoms with Crippen LogP contribution in [0.4, 0.5) is 0 Å². The lowest BCUT2D eigenvalue weighted by molar-refractivity contribution is 0.0562. The molecule has 3 aliphatic rings. The molecule has 36 heavy (non-hydrogen) atoms. The van der Waals surface area contributed by atoms with Crippen LogP contribution < -0.4 is 0 Å². The van der Waals surface area contributed by atoms with E-state index in [9.17, 15) is 9.90 Å². The molecular formula is C31H41N3O2. The zero-order valence-electron chi connectivity index (χ0n) is 21.5. The molecule has 3 fully saturated rings. The number of rotatable bonds is 6. The lowest BCUT2D eigenvalue weighted by atomic mass is 9.87. The van der Waals surface area contributed by atoms with Gasteiger partial charge in [-0.3, -0.25) is 14.6 Å². The topological polar surface area (TPSA) is 47.0 Å². The molecule has 1 amide bonds. The Kier molecular flexibility index (Phi) is 8.08. The van der Waals surface area contributed by atoms with Crippen molar-refractivity contribution in [2.24, 2.45) is 0 Å². The van der Waals surface area contributed by atoms with Crippen LogP contribution in [-0.4, -0.2) is 70.5 Å². The van der Waals surface area contributed by atoms with Crippen molar-refractivity contribution in [1.29, 1.82) is 0 Å². The number of fused-ring (bicyclic) bond motifs is 2. The highest BCUT2D eigenvalue weighted by Crippen LogP contribution is 2.40. The van der Waals surface area contributed by atoms with Crippen LogP contribution in [0.3, 0.4) is 0 Å². The highest BCUT2D eigenvalue weighted by Gasteiger charge is 2.39. The van der Waals surface area contributed by atoms with Crippen LogP contribution in [-0.2, 0) is 0 Å². The summed E-state index contributed by atoms with van der Waals surface area (Å²) in [4.78, 5) is 20.5. The van der Waals surface area contributed by atoms with Crippen molar-refractivity contribution in [1.82, 2.24) is 14.7 Å². The number of phenolic OH excluding ortho intramolecular Hbond substituents is 1. The first kappa shape index (κ1) is 25.0. The second-order valence-corrected chi connectivity index (χ2v) is 10.8. The van der Waals surface area contributed by atoms with Crippen molar-refractivity contribution >= 4 is 5.91 Å². The van der Waals surface area contributed by atoms with Crippen LogP contribution in [0, 0.1) is 0 Å². The van der Waals surface area contributed by atoms with Gasteiger partial charge in [0, 0.05) is 50.4 Å². The Morgan fingerprint density at radius 1 is 0.917 bits per heavy atom. The fourth-order valence-corrected chi connectivity index (χ4v) is 6.65. The van der Waals surface area contributed by atoms with E-state index in [1.54, 1.807) is 6.07 Å². The number of carbonyl (C=O) groups is 1. The average Bonchev–Trinajstić information content (AvgIpc) is 3.22. The standard InChI is InChI=1S/C31H41N3O2/c1-2-18-32-21-17-27-10-8-11-28(23-32)34(27)30(26-9-7-12-29(35)22-26)24-13-15-25(16-14-24)31(36)33-19-5-3-4-6-20-33/h2,7,9,12-16,22,27-28,30,35H,1,3-6,8,10-11,17-21,23H2. The molecule has 2 aromatic carbocycles. The Balaban J connectivity index is 1.47. The summed E-state index contributed by atoms with van der Waals surface area (Å²) >= 11 is 0. The van der Waals surface area contributed by atoms with E-state index >= 15 is 0 Å². The number of carbonyl (C=O) groups excluding carboxylic acids is 1. The summed E-state index contributed by atoms with van der Waals surface area (Å²) in [6.07, 6.45) is 11.5. The minimum atomic E-state index is 0.0541. The SMILES string of the molecule is C=CCN1CCC2CCCC(C1)N2C(c1ccc(C(=O)N2CCCCCC2)cc1)c1cccc(O)c1. The Hall–Kier alpha value is -2.63. The summed E-state index contributed by atoms with van der Waals surface area (Å²) in [5.74, 6) is 0.461. The number of benzene rings is 2. The van der Waals surface area contributed by atoms with Gasteiger partial charge in [-0.25, -0.2) is 0 Å². The highest BCUT2D eigenvalue weighted by molar-refractivity contribution is 5.94. The van der Waals surface area contributed by atoms with Gasteiger partial charge in [0.1, 0.15) is 5.75 Å². The lowest BCUT2D eigenvalue weighted by Crippen LogP contribution is -2.50. The molecule has 0 aliphatic carbocycles. The molecular weight excluding hydrogens is 446 g/mol. The van der Waals surface area contributed by atoms with Crippen LogP contribution >= 0.6 is 0 Å². The molecule has 0 aromatic heterocycles. The van der Waals surface area contributed by atoms with Gasteiger partial charge in [0.15, 0.2) is 0 Å². The van der Waals surface area contributed by atoms with Gasteiger partial charge in [0.05, 0.1) is 6.04 Å². The second kappa shape index (κ2) is 11.6. The number of likely N-dealkylation sites (tertiary alicyclic amines) is 1. The summed E-state index contributed by atoms with van der Waals surface area (Å²) in [7, 11) is 0. The summed E-state index contributed by atoms with van der Waals surface area (Å²) in [5.41, 5.74) is 3.10. The van der Waals surface area contributed by atoms with Crippen LogP contribution in [0.15, 0.2) is 61.2 Å².